The van der Waals surface area contributed by atoms with E-state index in [1.807, 2.05) is 11.4 Å². The molecule has 1 amide bonds. The monoisotopic (exact) mass is 256 g/mol. The fourth-order valence-corrected chi connectivity index (χ4v) is 2.07. The first-order valence-electron chi connectivity index (χ1n) is 5.20. The Balaban J connectivity index is 2.18. The van der Waals surface area contributed by atoms with Crippen LogP contribution >= 0.6 is 23.6 Å². The molecule has 1 unspecified atom stereocenters. The van der Waals surface area contributed by atoms with Crippen molar-refractivity contribution in [1.82, 2.24) is 5.32 Å². The molecule has 0 aliphatic rings. The van der Waals surface area contributed by atoms with Crippen LogP contribution in [0.2, 0.25) is 0 Å². The molecule has 5 heteroatoms. The molecule has 88 valence electrons. The number of aryl methyl sites for hydroxylation is 1. The highest BCUT2D eigenvalue weighted by Gasteiger charge is 2.08. The summed E-state index contributed by atoms with van der Waals surface area (Å²) in [6.07, 6.45) is 2.33. The van der Waals surface area contributed by atoms with Crippen LogP contribution in [0.1, 0.15) is 24.6 Å². The summed E-state index contributed by atoms with van der Waals surface area (Å²) in [7, 11) is 0. The van der Waals surface area contributed by atoms with E-state index < -0.39 is 0 Å². The van der Waals surface area contributed by atoms with Crippen LogP contribution in [0.25, 0.3) is 0 Å². The van der Waals surface area contributed by atoms with Gasteiger partial charge in [-0.3, -0.25) is 4.79 Å². The van der Waals surface area contributed by atoms with Crippen LogP contribution in [0.15, 0.2) is 17.5 Å². The van der Waals surface area contributed by atoms with E-state index in [1.54, 1.807) is 18.3 Å². The van der Waals surface area contributed by atoms with Gasteiger partial charge in [-0.15, -0.1) is 11.3 Å². The molecule has 0 saturated heterocycles. The smallest absolute Gasteiger partial charge is 0.220 e. The van der Waals surface area contributed by atoms with Gasteiger partial charge in [-0.05, 0) is 31.2 Å². The van der Waals surface area contributed by atoms with Crippen LogP contribution < -0.4 is 11.1 Å². The van der Waals surface area contributed by atoms with Gasteiger partial charge < -0.3 is 11.1 Å². The molecule has 3 nitrogen and oxygen atoms in total. The van der Waals surface area contributed by atoms with E-state index in [0.717, 1.165) is 12.8 Å². The van der Waals surface area contributed by atoms with Crippen LogP contribution in [0, 0.1) is 0 Å². The van der Waals surface area contributed by atoms with E-state index in [0.29, 0.717) is 11.4 Å². The SMILES string of the molecule is CC(NC(=O)CCCc1cccs1)C(N)=S. The van der Waals surface area contributed by atoms with Gasteiger partial charge in [0.15, 0.2) is 0 Å². The number of thiocarbonyl (C=S) groups is 1. The van der Waals surface area contributed by atoms with E-state index >= 15 is 0 Å². The van der Waals surface area contributed by atoms with Crippen molar-refractivity contribution in [3.63, 3.8) is 0 Å². The number of nitrogens with one attached hydrogen (secondary N) is 1. The van der Waals surface area contributed by atoms with Crippen molar-refractivity contribution in [2.45, 2.75) is 32.2 Å². The maximum Gasteiger partial charge on any atom is 0.220 e. The maximum atomic E-state index is 11.5. The van der Waals surface area contributed by atoms with Crippen molar-refractivity contribution in [3.05, 3.63) is 22.4 Å². The highest BCUT2D eigenvalue weighted by Crippen LogP contribution is 2.11. The lowest BCUT2D eigenvalue weighted by molar-refractivity contribution is -0.121. The lowest BCUT2D eigenvalue weighted by Gasteiger charge is -2.11. The lowest BCUT2D eigenvalue weighted by Crippen LogP contribution is -2.41. The zero-order valence-corrected chi connectivity index (χ0v) is 10.9. The molecule has 0 spiro atoms. The number of amides is 1. The molecule has 0 fully saturated rings. The van der Waals surface area contributed by atoms with E-state index in [4.69, 9.17) is 18.0 Å². The Hall–Kier alpha value is -0.940. The summed E-state index contributed by atoms with van der Waals surface area (Å²) >= 11 is 6.50. The third-order valence-electron chi connectivity index (χ3n) is 2.21. The molecular formula is C11H16N2OS2. The summed E-state index contributed by atoms with van der Waals surface area (Å²) in [5.41, 5.74) is 5.41. The molecular weight excluding hydrogens is 240 g/mol. The second-order valence-corrected chi connectivity index (χ2v) is 5.13. The van der Waals surface area contributed by atoms with Gasteiger partial charge in [0.05, 0.1) is 11.0 Å². The van der Waals surface area contributed by atoms with Crippen molar-refractivity contribution >= 4 is 34.5 Å². The quantitative estimate of drug-likeness (QED) is 0.764. The van der Waals surface area contributed by atoms with Crippen molar-refractivity contribution in [3.8, 4) is 0 Å². The highest BCUT2D eigenvalue weighted by molar-refractivity contribution is 7.80. The predicted molar refractivity (Wildman–Crippen MR) is 71.6 cm³/mol. The molecule has 1 aromatic heterocycles. The molecule has 1 heterocycles. The molecule has 1 atom stereocenters. The molecule has 1 aromatic rings. The van der Waals surface area contributed by atoms with E-state index in [1.165, 1.54) is 4.88 Å². The van der Waals surface area contributed by atoms with E-state index in [2.05, 4.69) is 11.4 Å². The summed E-state index contributed by atoms with van der Waals surface area (Å²) < 4.78 is 0. The van der Waals surface area contributed by atoms with E-state index in [9.17, 15) is 4.79 Å². The molecule has 0 radical (unpaired) electrons. The van der Waals surface area contributed by atoms with Gasteiger partial charge in [0.2, 0.25) is 5.91 Å². The predicted octanol–water partition coefficient (Wildman–Crippen LogP) is 1.86. The minimum Gasteiger partial charge on any atom is -0.392 e. The van der Waals surface area contributed by atoms with Crippen molar-refractivity contribution in [2.24, 2.45) is 5.73 Å². The minimum atomic E-state index is -0.218. The van der Waals surface area contributed by atoms with Crippen LogP contribution in [0.3, 0.4) is 0 Å². The first kappa shape index (κ1) is 13.1. The summed E-state index contributed by atoms with van der Waals surface area (Å²) in [6, 6.07) is 3.89. The molecule has 3 N–H and O–H groups in total. The molecule has 0 bridgehead atoms. The summed E-state index contributed by atoms with van der Waals surface area (Å²) in [5, 5.41) is 4.80. The second kappa shape index (κ2) is 6.60. The maximum absolute atomic E-state index is 11.5. The average molecular weight is 256 g/mol. The van der Waals surface area contributed by atoms with Crippen LogP contribution in [0.5, 0.6) is 0 Å². The number of hydrogen-bond donors (Lipinski definition) is 2. The molecule has 0 aromatic carbocycles. The zero-order valence-electron chi connectivity index (χ0n) is 9.23. The fraction of sp³-hybridized carbons (Fsp3) is 0.455. The Morgan fingerprint density at radius 1 is 1.69 bits per heavy atom. The number of thiophene rings is 1. The Bertz CT molecular complexity index is 349. The van der Waals surface area contributed by atoms with Gasteiger partial charge in [0.1, 0.15) is 0 Å². The summed E-state index contributed by atoms with van der Waals surface area (Å²) in [4.78, 5) is 13.1. The van der Waals surface area contributed by atoms with Gasteiger partial charge in [0, 0.05) is 11.3 Å². The molecule has 0 saturated carbocycles. The van der Waals surface area contributed by atoms with Gasteiger partial charge in [-0.1, -0.05) is 18.3 Å². The van der Waals surface area contributed by atoms with Crippen molar-refractivity contribution in [2.75, 3.05) is 0 Å². The standard InChI is InChI=1S/C11H16N2OS2/c1-8(11(12)15)13-10(14)6-2-4-9-5-3-7-16-9/h3,5,7-8H,2,4,6H2,1H3,(H2,12,15)(H,13,14). The Kier molecular flexibility index (Phi) is 5.42. The highest BCUT2D eigenvalue weighted by atomic mass is 32.1. The van der Waals surface area contributed by atoms with Gasteiger partial charge in [0.25, 0.3) is 0 Å². The lowest BCUT2D eigenvalue weighted by atomic mass is 10.2. The van der Waals surface area contributed by atoms with Crippen LogP contribution in [-0.4, -0.2) is 16.9 Å². The van der Waals surface area contributed by atoms with Crippen molar-refractivity contribution in [1.29, 1.82) is 0 Å². The first-order valence-corrected chi connectivity index (χ1v) is 6.49. The number of carbonyl (C=O) groups is 1. The largest absolute Gasteiger partial charge is 0.392 e. The zero-order chi connectivity index (χ0) is 12.0. The van der Waals surface area contributed by atoms with Gasteiger partial charge in [-0.2, -0.15) is 0 Å². The summed E-state index contributed by atoms with van der Waals surface area (Å²) in [6.45, 7) is 1.79. The molecule has 16 heavy (non-hydrogen) atoms. The van der Waals surface area contributed by atoms with Crippen molar-refractivity contribution < 1.29 is 4.79 Å². The van der Waals surface area contributed by atoms with E-state index in [-0.39, 0.29) is 11.9 Å². The summed E-state index contributed by atoms with van der Waals surface area (Å²) in [5.74, 6) is 0.0110. The van der Waals surface area contributed by atoms with Crippen LogP contribution in [-0.2, 0) is 11.2 Å². The number of carbonyl (C=O) groups excluding carboxylic acids is 1. The molecule has 1 rings (SSSR count). The Morgan fingerprint density at radius 3 is 3.00 bits per heavy atom. The number of rotatable bonds is 6. The Labute approximate surface area is 105 Å². The van der Waals surface area contributed by atoms with Crippen LogP contribution in [0.4, 0.5) is 0 Å². The minimum absolute atomic E-state index is 0.0110. The fourth-order valence-electron chi connectivity index (χ4n) is 1.26. The Morgan fingerprint density at radius 2 is 2.44 bits per heavy atom. The number of nitrogens with two attached hydrogens (primary N) is 1. The third-order valence-corrected chi connectivity index (χ3v) is 3.50. The van der Waals surface area contributed by atoms with Gasteiger partial charge in [-0.25, -0.2) is 0 Å². The normalized spacial score (nSPS) is 12.1. The third kappa shape index (κ3) is 4.72. The molecule has 0 aliphatic carbocycles. The topological polar surface area (TPSA) is 55.1 Å². The van der Waals surface area contributed by atoms with Gasteiger partial charge >= 0.3 is 0 Å². The first-order chi connectivity index (χ1) is 7.59. The number of hydrogen-bond acceptors (Lipinski definition) is 3. The average Bonchev–Trinajstić information content (AvgIpc) is 2.70. The second-order valence-electron chi connectivity index (χ2n) is 3.62. The molecule has 0 aliphatic heterocycles.